The maximum absolute atomic E-state index is 5.85. The molecule has 0 amide bonds. The summed E-state index contributed by atoms with van der Waals surface area (Å²) in [4.78, 5) is 0. The molecule has 0 bridgehead atoms. The van der Waals surface area contributed by atoms with E-state index >= 15 is 0 Å². The molecule has 0 aromatic heterocycles. The van der Waals surface area contributed by atoms with Crippen molar-refractivity contribution in [3.63, 3.8) is 0 Å². The summed E-state index contributed by atoms with van der Waals surface area (Å²) in [5, 5.41) is 0. The first-order chi connectivity index (χ1) is 6.75. The predicted octanol–water partition coefficient (Wildman–Crippen LogP) is 3.13. The van der Waals surface area contributed by atoms with Crippen molar-refractivity contribution in [3.8, 4) is 0 Å². The number of ether oxygens (including phenoxy) is 2. The van der Waals surface area contributed by atoms with Crippen molar-refractivity contribution >= 4 is 0 Å². The molecule has 1 saturated heterocycles. The zero-order chi connectivity index (χ0) is 10.4. The Morgan fingerprint density at radius 1 is 1.36 bits per heavy atom. The quantitative estimate of drug-likeness (QED) is 0.646. The van der Waals surface area contributed by atoms with Crippen molar-refractivity contribution in [3.05, 3.63) is 12.2 Å². The number of allylic oxidation sites excluding steroid dienone is 1. The van der Waals surface area contributed by atoms with Crippen LogP contribution in [0.4, 0.5) is 0 Å². The second-order valence-corrected chi connectivity index (χ2v) is 3.93. The van der Waals surface area contributed by atoms with Crippen LogP contribution in [-0.4, -0.2) is 19.0 Å². The maximum Gasteiger partial charge on any atom is 0.174 e. The monoisotopic (exact) mass is 198 g/mol. The van der Waals surface area contributed by atoms with Crippen molar-refractivity contribution in [2.45, 2.75) is 45.8 Å². The SMILES string of the molecule is C/C=C\C(C)C1(CCC)OCCCO1. The van der Waals surface area contributed by atoms with Crippen LogP contribution in [0.3, 0.4) is 0 Å². The molecule has 1 unspecified atom stereocenters. The van der Waals surface area contributed by atoms with Crippen LogP contribution >= 0.6 is 0 Å². The summed E-state index contributed by atoms with van der Waals surface area (Å²) in [5.74, 6) is -0.00720. The molecule has 0 aliphatic carbocycles. The van der Waals surface area contributed by atoms with Gasteiger partial charge in [0.1, 0.15) is 0 Å². The van der Waals surface area contributed by atoms with Gasteiger partial charge in [-0.1, -0.05) is 32.4 Å². The highest BCUT2D eigenvalue weighted by Gasteiger charge is 2.37. The van der Waals surface area contributed by atoms with E-state index in [9.17, 15) is 0 Å². The molecule has 1 fully saturated rings. The fourth-order valence-corrected chi connectivity index (χ4v) is 2.01. The molecule has 0 N–H and O–H groups in total. The summed E-state index contributed by atoms with van der Waals surface area (Å²) in [5.41, 5.74) is 0. The number of hydrogen-bond donors (Lipinski definition) is 0. The van der Waals surface area contributed by atoms with E-state index in [0.717, 1.165) is 32.5 Å². The van der Waals surface area contributed by atoms with Gasteiger partial charge in [-0.3, -0.25) is 0 Å². The van der Waals surface area contributed by atoms with Gasteiger partial charge in [0.05, 0.1) is 13.2 Å². The summed E-state index contributed by atoms with van der Waals surface area (Å²) in [6, 6.07) is 0. The third-order valence-electron chi connectivity index (χ3n) is 2.75. The van der Waals surface area contributed by atoms with E-state index in [0.29, 0.717) is 5.92 Å². The Balaban J connectivity index is 2.68. The van der Waals surface area contributed by atoms with Gasteiger partial charge in [-0.15, -0.1) is 0 Å². The lowest BCUT2D eigenvalue weighted by Gasteiger charge is -2.40. The molecule has 2 heteroatoms. The van der Waals surface area contributed by atoms with Gasteiger partial charge < -0.3 is 9.47 Å². The van der Waals surface area contributed by atoms with Crippen LogP contribution in [0.5, 0.6) is 0 Å². The van der Waals surface area contributed by atoms with Crippen molar-refractivity contribution < 1.29 is 9.47 Å². The normalized spacial score (nSPS) is 23.9. The summed E-state index contributed by atoms with van der Waals surface area (Å²) in [6.07, 6.45) is 7.35. The van der Waals surface area contributed by atoms with E-state index < -0.39 is 0 Å². The molecule has 0 radical (unpaired) electrons. The number of rotatable bonds is 4. The third kappa shape index (κ3) is 2.58. The third-order valence-corrected chi connectivity index (χ3v) is 2.75. The molecule has 82 valence electrons. The van der Waals surface area contributed by atoms with Gasteiger partial charge in [0.2, 0.25) is 0 Å². The highest BCUT2D eigenvalue weighted by molar-refractivity contribution is 4.93. The van der Waals surface area contributed by atoms with E-state index in [1.807, 2.05) is 6.92 Å². The Bertz CT molecular complexity index is 175. The summed E-state index contributed by atoms with van der Waals surface area (Å²) in [6.45, 7) is 8.05. The van der Waals surface area contributed by atoms with E-state index in [-0.39, 0.29) is 5.79 Å². The van der Waals surface area contributed by atoms with Gasteiger partial charge in [0, 0.05) is 12.3 Å². The molecule has 0 aromatic rings. The molecule has 0 spiro atoms. The first kappa shape index (κ1) is 11.7. The largest absolute Gasteiger partial charge is 0.349 e. The van der Waals surface area contributed by atoms with Crippen LogP contribution < -0.4 is 0 Å². The summed E-state index contributed by atoms with van der Waals surface area (Å²) < 4.78 is 11.7. The van der Waals surface area contributed by atoms with Gasteiger partial charge in [-0.25, -0.2) is 0 Å². The van der Waals surface area contributed by atoms with Crippen LogP contribution in [0.1, 0.15) is 40.0 Å². The first-order valence-electron chi connectivity index (χ1n) is 5.66. The van der Waals surface area contributed by atoms with Gasteiger partial charge in [-0.05, 0) is 13.3 Å². The van der Waals surface area contributed by atoms with Crippen LogP contribution in [-0.2, 0) is 9.47 Å². The minimum absolute atomic E-state index is 0.341. The maximum atomic E-state index is 5.85. The predicted molar refractivity (Wildman–Crippen MR) is 58.1 cm³/mol. The summed E-state index contributed by atoms with van der Waals surface area (Å²) >= 11 is 0. The highest BCUT2D eigenvalue weighted by Crippen LogP contribution is 2.32. The first-order valence-corrected chi connectivity index (χ1v) is 5.66. The Morgan fingerprint density at radius 2 is 2.00 bits per heavy atom. The van der Waals surface area contributed by atoms with Gasteiger partial charge in [0.25, 0.3) is 0 Å². The van der Waals surface area contributed by atoms with Gasteiger partial charge >= 0.3 is 0 Å². The zero-order valence-corrected chi connectivity index (χ0v) is 9.58. The van der Waals surface area contributed by atoms with Crippen LogP contribution in [0.2, 0.25) is 0 Å². The van der Waals surface area contributed by atoms with Crippen LogP contribution in [0.15, 0.2) is 12.2 Å². The molecule has 1 aliphatic rings. The second-order valence-electron chi connectivity index (χ2n) is 3.93. The Kier molecular flexibility index (Phi) is 4.63. The fourth-order valence-electron chi connectivity index (χ4n) is 2.01. The van der Waals surface area contributed by atoms with Crippen molar-refractivity contribution in [1.82, 2.24) is 0 Å². The minimum atomic E-state index is -0.348. The highest BCUT2D eigenvalue weighted by atomic mass is 16.7. The molecule has 1 heterocycles. The molecule has 1 atom stereocenters. The topological polar surface area (TPSA) is 18.5 Å². The Morgan fingerprint density at radius 3 is 2.50 bits per heavy atom. The summed E-state index contributed by atoms with van der Waals surface area (Å²) in [7, 11) is 0. The van der Waals surface area contributed by atoms with Crippen molar-refractivity contribution in [2.24, 2.45) is 5.92 Å². The second kappa shape index (κ2) is 5.52. The Hall–Kier alpha value is -0.340. The van der Waals surface area contributed by atoms with Gasteiger partial charge in [-0.2, -0.15) is 0 Å². The molecular weight excluding hydrogens is 176 g/mol. The van der Waals surface area contributed by atoms with Crippen molar-refractivity contribution in [1.29, 1.82) is 0 Å². The van der Waals surface area contributed by atoms with E-state index in [2.05, 4.69) is 26.0 Å². The Labute approximate surface area is 87.3 Å². The van der Waals surface area contributed by atoms with Crippen LogP contribution in [0.25, 0.3) is 0 Å². The molecule has 2 nitrogen and oxygen atoms in total. The molecule has 1 rings (SSSR count). The average molecular weight is 198 g/mol. The van der Waals surface area contributed by atoms with E-state index in [1.54, 1.807) is 0 Å². The van der Waals surface area contributed by atoms with E-state index in [4.69, 9.17) is 9.47 Å². The van der Waals surface area contributed by atoms with Gasteiger partial charge in [0.15, 0.2) is 5.79 Å². The van der Waals surface area contributed by atoms with E-state index in [1.165, 1.54) is 0 Å². The van der Waals surface area contributed by atoms with Crippen LogP contribution in [0, 0.1) is 5.92 Å². The lowest BCUT2D eigenvalue weighted by atomic mass is 9.94. The average Bonchev–Trinajstić information content (AvgIpc) is 2.20. The molecule has 1 aliphatic heterocycles. The smallest absolute Gasteiger partial charge is 0.174 e. The molecular formula is C12H22O2. The molecule has 14 heavy (non-hydrogen) atoms. The lowest BCUT2D eigenvalue weighted by molar-refractivity contribution is -0.287. The number of hydrogen-bond acceptors (Lipinski definition) is 2. The molecule has 0 saturated carbocycles. The fraction of sp³-hybridized carbons (Fsp3) is 0.833. The lowest BCUT2D eigenvalue weighted by Crippen LogP contribution is -2.45. The minimum Gasteiger partial charge on any atom is -0.349 e. The van der Waals surface area contributed by atoms with Crippen molar-refractivity contribution in [2.75, 3.05) is 13.2 Å². The zero-order valence-electron chi connectivity index (χ0n) is 9.58. The molecule has 0 aromatic carbocycles. The standard InChI is InChI=1S/C12H22O2/c1-4-7-11(3)12(8-5-2)13-9-6-10-14-12/h4,7,11H,5-6,8-10H2,1-3H3/b7-4-.